The van der Waals surface area contributed by atoms with Crippen LogP contribution in [0, 0.1) is 0 Å². The van der Waals surface area contributed by atoms with Crippen LogP contribution in [0.4, 0.5) is 5.69 Å². The molecule has 0 bridgehead atoms. The van der Waals surface area contributed by atoms with Crippen molar-refractivity contribution in [3.8, 4) is 5.75 Å². The van der Waals surface area contributed by atoms with Crippen molar-refractivity contribution >= 4 is 5.69 Å². The molecule has 0 aromatic heterocycles. The molecule has 0 atom stereocenters. The molecule has 0 N–H and O–H groups in total. The molecule has 0 radical (unpaired) electrons. The largest absolute Gasteiger partial charge is 0.497 e. The summed E-state index contributed by atoms with van der Waals surface area (Å²) >= 11 is 0. The molecule has 0 aliphatic carbocycles. The van der Waals surface area contributed by atoms with Gasteiger partial charge in [-0.2, -0.15) is 0 Å². The molecule has 1 aromatic rings. The van der Waals surface area contributed by atoms with Gasteiger partial charge in [0, 0.05) is 18.8 Å². The van der Waals surface area contributed by atoms with E-state index in [1.54, 1.807) is 7.11 Å². The Bertz CT molecular complexity index is 335. The lowest BCUT2D eigenvalue weighted by Gasteiger charge is -2.25. The van der Waals surface area contributed by atoms with Crippen LogP contribution in [0.15, 0.2) is 24.3 Å². The van der Waals surface area contributed by atoms with Gasteiger partial charge in [0.15, 0.2) is 0 Å². The molecular formula is C19H33NO. The van der Waals surface area contributed by atoms with E-state index < -0.39 is 0 Å². The first-order valence-corrected chi connectivity index (χ1v) is 8.70. The van der Waals surface area contributed by atoms with Crippen molar-refractivity contribution in [1.82, 2.24) is 0 Å². The zero-order chi connectivity index (χ0) is 15.3. The van der Waals surface area contributed by atoms with Crippen LogP contribution in [0.5, 0.6) is 5.75 Å². The molecule has 2 nitrogen and oxygen atoms in total. The van der Waals surface area contributed by atoms with Gasteiger partial charge in [0.2, 0.25) is 0 Å². The van der Waals surface area contributed by atoms with Gasteiger partial charge in [-0.3, -0.25) is 0 Å². The van der Waals surface area contributed by atoms with Gasteiger partial charge < -0.3 is 9.64 Å². The molecule has 0 saturated carbocycles. The van der Waals surface area contributed by atoms with E-state index in [0.717, 1.165) is 5.75 Å². The molecule has 0 aliphatic heterocycles. The van der Waals surface area contributed by atoms with Gasteiger partial charge in [-0.15, -0.1) is 0 Å². The Hall–Kier alpha value is -1.18. The van der Waals surface area contributed by atoms with E-state index in [-0.39, 0.29) is 0 Å². The Morgan fingerprint density at radius 3 is 1.71 bits per heavy atom. The Kier molecular flexibility index (Phi) is 9.77. The van der Waals surface area contributed by atoms with Crippen molar-refractivity contribution in [3.05, 3.63) is 24.3 Å². The van der Waals surface area contributed by atoms with E-state index in [9.17, 15) is 0 Å². The average Bonchev–Trinajstić information content (AvgIpc) is 2.53. The number of hydrogen-bond donors (Lipinski definition) is 0. The molecule has 2 heteroatoms. The molecule has 0 aliphatic rings. The number of methoxy groups -OCH3 is 1. The Morgan fingerprint density at radius 2 is 1.29 bits per heavy atom. The van der Waals surface area contributed by atoms with Gasteiger partial charge in [0.1, 0.15) is 5.75 Å². The number of rotatable bonds is 12. The number of hydrogen-bond acceptors (Lipinski definition) is 2. The molecule has 0 fully saturated rings. The van der Waals surface area contributed by atoms with Gasteiger partial charge in [-0.1, -0.05) is 52.4 Å². The second-order valence-electron chi connectivity index (χ2n) is 5.81. The van der Waals surface area contributed by atoms with E-state index >= 15 is 0 Å². The standard InChI is InChI=1S/C19H33NO/c1-4-6-8-10-16-20(17-11-9-7-5-2)18-12-14-19(21-3)15-13-18/h12-15H,4-11,16-17H2,1-3H3. The quantitative estimate of drug-likeness (QED) is 0.461. The van der Waals surface area contributed by atoms with E-state index in [1.165, 1.54) is 70.1 Å². The molecular weight excluding hydrogens is 258 g/mol. The average molecular weight is 291 g/mol. The van der Waals surface area contributed by atoms with Crippen LogP contribution in [-0.4, -0.2) is 20.2 Å². The van der Waals surface area contributed by atoms with E-state index in [1.807, 2.05) is 0 Å². The molecule has 0 saturated heterocycles. The van der Waals surface area contributed by atoms with Gasteiger partial charge in [0.25, 0.3) is 0 Å². The van der Waals surface area contributed by atoms with Crippen molar-refractivity contribution in [2.24, 2.45) is 0 Å². The third-order valence-electron chi connectivity index (χ3n) is 4.00. The smallest absolute Gasteiger partial charge is 0.119 e. The van der Waals surface area contributed by atoms with Crippen molar-refractivity contribution in [2.45, 2.75) is 65.2 Å². The molecule has 0 amide bonds. The number of benzene rings is 1. The maximum atomic E-state index is 5.26. The summed E-state index contributed by atoms with van der Waals surface area (Å²) in [6.45, 7) is 6.90. The summed E-state index contributed by atoms with van der Waals surface area (Å²) in [5.74, 6) is 0.940. The van der Waals surface area contributed by atoms with Crippen molar-refractivity contribution in [1.29, 1.82) is 0 Å². The predicted octanol–water partition coefficient (Wildman–Crippen LogP) is 5.66. The summed E-state index contributed by atoms with van der Waals surface area (Å²) in [7, 11) is 1.72. The third kappa shape index (κ3) is 7.40. The monoisotopic (exact) mass is 291 g/mol. The number of anilines is 1. The minimum absolute atomic E-state index is 0.940. The molecule has 0 spiro atoms. The number of ether oxygens (including phenoxy) is 1. The zero-order valence-corrected chi connectivity index (χ0v) is 14.2. The summed E-state index contributed by atoms with van der Waals surface area (Å²) in [6.07, 6.45) is 10.6. The van der Waals surface area contributed by atoms with Gasteiger partial charge in [-0.25, -0.2) is 0 Å². The topological polar surface area (TPSA) is 12.5 Å². The van der Waals surface area contributed by atoms with Crippen LogP contribution in [0.25, 0.3) is 0 Å². The fourth-order valence-electron chi connectivity index (χ4n) is 2.62. The highest BCUT2D eigenvalue weighted by atomic mass is 16.5. The lowest BCUT2D eigenvalue weighted by Crippen LogP contribution is -2.25. The lowest BCUT2D eigenvalue weighted by molar-refractivity contribution is 0.415. The lowest BCUT2D eigenvalue weighted by atomic mass is 10.1. The number of unbranched alkanes of at least 4 members (excludes halogenated alkanes) is 6. The molecule has 0 unspecified atom stereocenters. The van der Waals surface area contributed by atoms with Crippen LogP contribution >= 0.6 is 0 Å². The predicted molar refractivity (Wildman–Crippen MR) is 93.5 cm³/mol. The van der Waals surface area contributed by atoms with E-state index in [0.29, 0.717) is 0 Å². The fraction of sp³-hybridized carbons (Fsp3) is 0.684. The van der Waals surface area contributed by atoms with Gasteiger partial charge >= 0.3 is 0 Å². The first-order chi connectivity index (χ1) is 10.3. The Morgan fingerprint density at radius 1 is 0.762 bits per heavy atom. The second kappa shape index (κ2) is 11.5. The van der Waals surface area contributed by atoms with Crippen LogP contribution in [0.1, 0.15) is 65.2 Å². The molecule has 21 heavy (non-hydrogen) atoms. The Labute approximate surface area is 131 Å². The van der Waals surface area contributed by atoms with Crippen LogP contribution in [-0.2, 0) is 0 Å². The van der Waals surface area contributed by atoms with Gasteiger partial charge in [0.05, 0.1) is 7.11 Å². The summed E-state index contributed by atoms with van der Waals surface area (Å²) in [5.41, 5.74) is 1.34. The molecule has 1 rings (SSSR count). The van der Waals surface area contributed by atoms with Crippen LogP contribution in [0.2, 0.25) is 0 Å². The maximum absolute atomic E-state index is 5.26. The van der Waals surface area contributed by atoms with E-state index in [2.05, 4.69) is 43.0 Å². The summed E-state index contributed by atoms with van der Waals surface area (Å²) in [4.78, 5) is 2.55. The van der Waals surface area contributed by atoms with Crippen molar-refractivity contribution in [3.63, 3.8) is 0 Å². The Balaban J connectivity index is 2.51. The van der Waals surface area contributed by atoms with Crippen LogP contribution in [0.3, 0.4) is 0 Å². The normalized spacial score (nSPS) is 10.6. The minimum atomic E-state index is 0.940. The first-order valence-electron chi connectivity index (χ1n) is 8.70. The van der Waals surface area contributed by atoms with E-state index in [4.69, 9.17) is 4.74 Å². The highest BCUT2D eigenvalue weighted by Crippen LogP contribution is 2.20. The molecule has 1 aromatic carbocycles. The minimum Gasteiger partial charge on any atom is -0.497 e. The third-order valence-corrected chi connectivity index (χ3v) is 4.00. The fourth-order valence-corrected chi connectivity index (χ4v) is 2.62. The van der Waals surface area contributed by atoms with Crippen molar-refractivity contribution in [2.75, 3.05) is 25.1 Å². The summed E-state index contributed by atoms with van der Waals surface area (Å²) in [5, 5.41) is 0. The molecule has 120 valence electrons. The van der Waals surface area contributed by atoms with Gasteiger partial charge in [-0.05, 0) is 37.1 Å². The zero-order valence-electron chi connectivity index (χ0n) is 14.2. The highest BCUT2D eigenvalue weighted by Gasteiger charge is 2.06. The van der Waals surface area contributed by atoms with Crippen LogP contribution < -0.4 is 9.64 Å². The second-order valence-corrected chi connectivity index (χ2v) is 5.81. The summed E-state index contributed by atoms with van der Waals surface area (Å²) < 4.78 is 5.26. The highest BCUT2D eigenvalue weighted by molar-refractivity contribution is 5.49. The number of nitrogens with zero attached hydrogens (tertiary/aromatic N) is 1. The first kappa shape index (κ1) is 17.9. The molecule has 0 heterocycles. The summed E-state index contributed by atoms with van der Waals surface area (Å²) in [6, 6.07) is 8.53. The van der Waals surface area contributed by atoms with Crippen molar-refractivity contribution < 1.29 is 4.74 Å². The maximum Gasteiger partial charge on any atom is 0.119 e. The SMILES string of the molecule is CCCCCCN(CCCCCC)c1ccc(OC)cc1.